The van der Waals surface area contributed by atoms with Crippen LogP contribution in [-0.4, -0.2) is 33.0 Å². The zero-order chi connectivity index (χ0) is 20.6. The molecule has 4 nitrogen and oxygen atoms in total. The average Bonchev–Trinajstić information content (AvgIpc) is 2.69. The highest BCUT2D eigenvalue weighted by molar-refractivity contribution is 5.42. The summed E-state index contributed by atoms with van der Waals surface area (Å²) in [6.07, 6.45) is 7.28. The second-order valence-corrected chi connectivity index (χ2v) is 9.13. The normalized spacial score (nSPS) is 25.1. The molecule has 1 saturated heterocycles. The van der Waals surface area contributed by atoms with Crippen molar-refractivity contribution >= 4 is 0 Å². The molecule has 0 unspecified atom stereocenters. The summed E-state index contributed by atoms with van der Waals surface area (Å²) in [5.74, 6) is 2.32. The predicted molar refractivity (Wildman–Crippen MR) is 116 cm³/mol. The van der Waals surface area contributed by atoms with Gasteiger partial charge in [0, 0.05) is 13.2 Å². The van der Waals surface area contributed by atoms with Crippen molar-refractivity contribution in [2.24, 2.45) is 11.3 Å². The quantitative estimate of drug-likeness (QED) is 0.500. The predicted octanol–water partition coefficient (Wildman–Crippen LogP) is 5.59. The Labute approximate surface area is 172 Å². The van der Waals surface area contributed by atoms with Crippen LogP contribution in [0.1, 0.15) is 71.8 Å². The molecule has 0 aliphatic carbocycles. The summed E-state index contributed by atoms with van der Waals surface area (Å²) in [5, 5.41) is 3.66. The minimum atomic E-state index is 0.0403. The largest absolute Gasteiger partial charge is 0.493 e. The second-order valence-electron chi connectivity index (χ2n) is 9.13. The molecule has 0 radical (unpaired) electrons. The van der Waals surface area contributed by atoms with Crippen LogP contribution in [0, 0.1) is 11.3 Å². The number of hydrogen-bond donors (Lipinski definition) is 1. The van der Waals surface area contributed by atoms with Crippen molar-refractivity contribution in [2.45, 2.75) is 78.4 Å². The lowest BCUT2D eigenvalue weighted by atomic mass is 9.67. The van der Waals surface area contributed by atoms with E-state index in [-0.39, 0.29) is 5.60 Å². The molecule has 1 heterocycles. The molecule has 2 rings (SSSR count). The van der Waals surface area contributed by atoms with Crippen LogP contribution in [-0.2, 0) is 11.3 Å². The molecule has 1 N–H and O–H groups in total. The van der Waals surface area contributed by atoms with Crippen LogP contribution >= 0.6 is 0 Å². The van der Waals surface area contributed by atoms with Gasteiger partial charge in [0.2, 0.25) is 0 Å². The smallest absolute Gasteiger partial charge is 0.161 e. The van der Waals surface area contributed by atoms with Gasteiger partial charge in [-0.1, -0.05) is 33.3 Å². The average molecular weight is 392 g/mol. The summed E-state index contributed by atoms with van der Waals surface area (Å²) in [5.41, 5.74) is 1.66. The van der Waals surface area contributed by atoms with Crippen LogP contribution in [0.2, 0.25) is 0 Å². The third-order valence-corrected chi connectivity index (χ3v) is 6.44. The van der Waals surface area contributed by atoms with Gasteiger partial charge in [-0.2, -0.15) is 0 Å². The lowest BCUT2D eigenvalue weighted by molar-refractivity contribution is -0.122. The van der Waals surface area contributed by atoms with E-state index >= 15 is 0 Å². The fourth-order valence-electron chi connectivity index (χ4n) is 4.40. The summed E-state index contributed by atoms with van der Waals surface area (Å²) in [4.78, 5) is 0. The maximum atomic E-state index is 6.15. The van der Waals surface area contributed by atoms with E-state index < -0.39 is 0 Å². The van der Waals surface area contributed by atoms with Gasteiger partial charge in [-0.3, -0.25) is 0 Å². The van der Waals surface area contributed by atoms with Crippen molar-refractivity contribution in [1.82, 2.24) is 5.32 Å². The van der Waals surface area contributed by atoms with E-state index in [9.17, 15) is 0 Å². The van der Waals surface area contributed by atoms with Crippen molar-refractivity contribution in [3.8, 4) is 11.5 Å². The number of ether oxygens (including phenoxy) is 3. The number of hydrogen-bond acceptors (Lipinski definition) is 4. The maximum absolute atomic E-state index is 6.15. The van der Waals surface area contributed by atoms with Gasteiger partial charge in [0.15, 0.2) is 11.5 Å². The molecule has 1 aromatic carbocycles. The summed E-state index contributed by atoms with van der Waals surface area (Å²) in [6.45, 7) is 12.0. The van der Waals surface area contributed by atoms with Crippen molar-refractivity contribution in [3.63, 3.8) is 0 Å². The van der Waals surface area contributed by atoms with E-state index in [1.165, 1.54) is 37.7 Å². The van der Waals surface area contributed by atoms with E-state index in [4.69, 9.17) is 14.2 Å². The number of rotatable bonds is 11. The first-order valence-electron chi connectivity index (χ1n) is 10.9. The van der Waals surface area contributed by atoms with Crippen molar-refractivity contribution in [1.29, 1.82) is 0 Å². The van der Waals surface area contributed by atoms with E-state index in [1.807, 2.05) is 6.07 Å². The third-order valence-electron chi connectivity index (χ3n) is 6.44. The lowest BCUT2D eigenvalue weighted by Gasteiger charge is -2.47. The molecule has 2 atom stereocenters. The Bertz CT molecular complexity index is 604. The number of benzene rings is 1. The minimum Gasteiger partial charge on any atom is -0.493 e. The summed E-state index contributed by atoms with van der Waals surface area (Å²) in [7, 11) is 3.35. The van der Waals surface area contributed by atoms with Crippen LogP contribution in [0.25, 0.3) is 0 Å². The molecule has 1 fully saturated rings. The van der Waals surface area contributed by atoms with Gasteiger partial charge in [-0.25, -0.2) is 0 Å². The van der Waals surface area contributed by atoms with Crippen molar-refractivity contribution < 1.29 is 14.2 Å². The molecule has 1 aromatic rings. The van der Waals surface area contributed by atoms with Crippen LogP contribution in [0.5, 0.6) is 11.5 Å². The molecule has 0 amide bonds. The molecule has 0 spiro atoms. The first-order chi connectivity index (χ1) is 13.4. The molecule has 4 heteroatoms. The van der Waals surface area contributed by atoms with Gasteiger partial charge in [0.25, 0.3) is 0 Å². The molecule has 1 aliphatic rings. The monoisotopic (exact) mass is 391 g/mol. The van der Waals surface area contributed by atoms with E-state index in [2.05, 4.69) is 45.1 Å². The Morgan fingerprint density at radius 3 is 2.54 bits per heavy atom. The van der Waals surface area contributed by atoms with Crippen LogP contribution < -0.4 is 14.8 Å². The zero-order valence-electron chi connectivity index (χ0n) is 18.9. The fraction of sp³-hybridized carbons (Fsp3) is 0.750. The Kier molecular flexibility index (Phi) is 8.63. The molecule has 0 bridgehead atoms. The summed E-state index contributed by atoms with van der Waals surface area (Å²) < 4.78 is 16.9. The van der Waals surface area contributed by atoms with Crippen molar-refractivity contribution in [3.05, 3.63) is 23.8 Å². The van der Waals surface area contributed by atoms with Gasteiger partial charge in [0.1, 0.15) is 0 Å². The molecule has 0 saturated carbocycles. The highest BCUT2D eigenvalue weighted by atomic mass is 16.5. The van der Waals surface area contributed by atoms with Gasteiger partial charge in [-0.15, -0.1) is 0 Å². The molecule has 0 aromatic heterocycles. The Hall–Kier alpha value is -1.26. The SMILES string of the molecule is CC[C@@]1(C)C[C@](CCNCc2ccc(OC)c(OC)c2)(CCC(C)C)CCO1. The molecular weight excluding hydrogens is 350 g/mol. The van der Waals surface area contributed by atoms with Crippen LogP contribution in [0.4, 0.5) is 0 Å². The lowest BCUT2D eigenvalue weighted by Crippen LogP contribution is -2.44. The third kappa shape index (κ3) is 6.38. The Morgan fingerprint density at radius 2 is 1.89 bits per heavy atom. The first-order valence-corrected chi connectivity index (χ1v) is 10.9. The van der Waals surface area contributed by atoms with E-state index in [1.54, 1.807) is 14.2 Å². The Balaban J connectivity index is 1.94. The zero-order valence-corrected chi connectivity index (χ0v) is 18.9. The van der Waals surface area contributed by atoms with Gasteiger partial charge in [0.05, 0.1) is 19.8 Å². The maximum Gasteiger partial charge on any atom is 0.161 e. The topological polar surface area (TPSA) is 39.7 Å². The standard InChI is InChI=1S/C24H41NO3/c1-7-23(4)18-24(13-15-28-23,11-10-19(2)3)12-14-25-17-20-8-9-21(26-5)22(16-20)27-6/h8-9,16,19,25H,7,10-15,17-18H2,1-6H3/t23-,24-/m0/s1. The highest BCUT2D eigenvalue weighted by Gasteiger charge is 2.41. The minimum absolute atomic E-state index is 0.0403. The van der Waals surface area contributed by atoms with Crippen LogP contribution in [0.3, 0.4) is 0 Å². The number of methoxy groups -OCH3 is 2. The molecule has 1 aliphatic heterocycles. The van der Waals surface area contributed by atoms with Crippen LogP contribution in [0.15, 0.2) is 18.2 Å². The van der Waals surface area contributed by atoms with Gasteiger partial charge >= 0.3 is 0 Å². The summed E-state index contributed by atoms with van der Waals surface area (Å²) >= 11 is 0. The Morgan fingerprint density at radius 1 is 1.14 bits per heavy atom. The van der Waals surface area contributed by atoms with E-state index in [0.717, 1.165) is 43.5 Å². The van der Waals surface area contributed by atoms with Gasteiger partial charge < -0.3 is 19.5 Å². The fourth-order valence-corrected chi connectivity index (χ4v) is 4.40. The highest BCUT2D eigenvalue weighted by Crippen LogP contribution is 2.46. The van der Waals surface area contributed by atoms with Gasteiger partial charge in [-0.05, 0) is 74.6 Å². The molecule has 160 valence electrons. The molecule has 28 heavy (non-hydrogen) atoms. The summed E-state index contributed by atoms with van der Waals surface area (Å²) in [6, 6.07) is 6.14. The second kappa shape index (κ2) is 10.5. The van der Waals surface area contributed by atoms with Crippen molar-refractivity contribution in [2.75, 3.05) is 27.4 Å². The van der Waals surface area contributed by atoms with E-state index in [0.29, 0.717) is 5.41 Å². The number of nitrogens with one attached hydrogen (secondary N) is 1. The first kappa shape index (κ1) is 23.0. The molecular formula is C24H41NO3.